The van der Waals surface area contributed by atoms with Crippen molar-refractivity contribution in [2.75, 3.05) is 11.6 Å². The molecule has 1 aliphatic rings. The fourth-order valence-electron chi connectivity index (χ4n) is 1.68. The number of rotatable bonds is 4. The molecule has 6 nitrogen and oxygen atoms in total. The zero-order valence-corrected chi connectivity index (χ0v) is 9.97. The van der Waals surface area contributed by atoms with Crippen LogP contribution in [0.2, 0.25) is 0 Å². The summed E-state index contributed by atoms with van der Waals surface area (Å²) >= 11 is 1.48. The SMILES string of the molecule is O=C(O)[C@@H]1CSCN1C(=O)CCn1ccnc1. The second-order valence-corrected chi connectivity index (χ2v) is 4.77. The Morgan fingerprint density at radius 2 is 2.35 bits per heavy atom. The number of imidazole rings is 1. The Hall–Kier alpha value is -1.50. The fourth-order valence-corrected chi connectivity index (χ4v) is 2.85. The van der Waals surface area contributed by atoms with E-state index in [0.717, 1.165) is 0 Å². The lowest BCUT2D eigenvalue weighted by Gasteiger charge is -2.20. The fraction of sp³-hybridized carbons (Fsp3) is 0.500. The lowest BCUT2D eigenvalue weighted by molar-refractivity contribution is -0.147. The molecule has 1 saturated heterocycles. The highest BCUT2D eigenvalue weighted by Gasteiger charge is 2.33. The van der Waals surface area contributed by atoms with Crippen LogP contribution in [0.1, 0.15) is 6.42 Å². The highest BCUT2D eigenvalue weighted by molar-refractivity contribution is 7.99. The lowest BCUT2D eigenvalue weighted by Crippen LogP contribution is -2.41. The van der Waals surface area contributed by atoms with Crippen LogP contribution in [-0.2, 0) is 16.1 Å². The number of carbonyl (C=O) groups is 2. The third-order valence-electron chi connectivity index (χ3n) is 2.63. The molecule has 1 aliphatic heterocycles. The first-order valence-electron chi connectivity index (χ1n) is 5.24. The molecule has 2 heterocycles. The van der Waals surface area contributed by atoms with Crippen molar-refractivity contribution < 1.29 is 14.7 Å². The van der Waals surface area contributed by atoms with Gasteiger partial charge in [-0.25, -0.2) is 9.78 Å². The smallest absolute Gasteiger partial charge is 0.327 e. The number of thioether (sulfide) groups is 1. The monoisotopic (exact) mass is 255 g/mol. The zero-order chi connectivity index (χ0) is 12.3. The summed E-state index contributed by atoms with van der Waals surface area (Å²) in [6.07, 6.45) is 5.37. The van der Waals surface area contributed by atoms with Crippen molar-refractivity contribution >= 4 is 23.6 Å². The van der Waals surface area contributed by atoms with Crippen LogP contribution < -0.4 is 0 Å². The molecule has 1 amide bonds. The summed E-state index contributed by atoms with van der Waals surface area (Å²) < 4.78 is 1.80. The summed E-state index contributed by atoms with van der Waals surface area (Å²) in [4.78, 5) is 28.1. The van der Waals surface area contributed by atoms with Gasteiger partial charge in [-0.3, -0.25) is 4.79 Å². The molecule has 1 aromatic heterocycles. The van der Waals surface area contributed by atoms with Gasteiger partial charge in [0.15, 0.2) is 0 Å². The van der Waals surface area contributed by atoms with E-state index in [-0.39, 0.29) is 5.91 Å². The normalized spacial score (nSPS) is 19.5. The van der Waals surface area contributed by atoms with Crippen molar-refractivity contribution in [3.63, 3.8) is 0 Å². The van der Waals surface area contributed by atoms with Gasteiger partial charge < -0.3 is 14.6 Å². The maximum absolute atomic E-state index is 11.9. The van der Waals surface area contributed by atoms with Crippen LogP contribution in [0.4, 0.5) is 0 Å². The summed E-state index contributed by atoms with van der Waals surface area (Å²) in [5.41, 5.74) is 0. The molecule has 0 radical (unpaired) electrons. The Kier molecular flexibility index (Phi) is 3.68. The summed E-state index contributed by atoms with van der Waals surface area (Å²) in [6.45, 7) is 0.534. The number of aryl methyl sites for hydroxylation is 1. The van der Waals surface area contributed by atoms with E-state index in [1.807, 2.05) is 0 Å². The molecule has 1 fully saturated rings. The van der Waals surface area contributed by atoms with Crippen LogP contribution >= 0.6 is 11.8 Å². The molecule has 0 bridgehead atoms. The van der Waals surface area contributed by atoms with Crippen molar-refractivity contribution in [1.29, 1.82) is 0 Å². The number of carboxylic acid groups (broad SMARTS) is 1. The third kappa shape index (κ3) is 2.79. The van der Waals surface area contributed by atoms with Crippen molar-refractivity contribution in [3.8, 4) is 0 Å². The number of amides is 1. The van der Waals surface area contributed by atoms with Gasteiger partial charge in [-0.05, 0) is 0 Å². The number of aromatic nitrogens is 2. The van der Waals surface area contributed by atoms with E-state index in [1.54, 1.807) is 23.3 Å². The minimum Gasteiger partial charge on any atom is -0.480 e. The van der Waals surface area contributed by atoms with Crippen molar-refractivity contribution in [2.45, 2.75) is 19.0 Å². The van der Waals surface area contributed by atoms with E-state index in [9.17, 15) is 9.59 Å². The predicted octanol–water partition coefficient (Wildman–Crippen LogP) is 0.259. The standard InChI is InChI=1S/C10H13N3O3S/c14-9(1-3-12-4-2-11-6-12)13-7-17-5-8(13)10(15)16/h2,4,6,8H,1,3,5,7H2,(H,15,16)/t8-/m0/s1. The van der Waals surface area contributed by atoms with Crippen LogP contribution in [-0.4, -0.2) is 49.1 Å². The van der Waals surface area contributed by atoms with Gasteiger partial charge in [0.25, 0.3) is 0 Å². The molecule has 7 heteroatoms. The van der Waals surface area contributed by atoms with E-state index in [1.165, 1.54) is 16.7 Å². The molecule has 0 spiro atoms. The van der Waals surface area contributed by atoms with Crippen molar-refractivity contribution in [1.82, 2.24) is 14.5 Å². The molecule has 0 saturated carbocycles. The first kappa shape index (κ1) is 12.0. The minimum atomic E-state index is -0.925. The van der Waals surface area contributed by atoms with Gasteiger partial charge in [-0.1, -0.05) is 0 Å². The van der Waals surface area contributed by atoms with Crippen LogP contribution in [0, 0.1) is 0 Å². The number of nitrogens with zero attached hydrogens (tertiary/aromatic N) is 3. The van der Waals surface area contributed by atoms with Crippen LogP contribution in [0.5, 0.6) is 0 Å². The largest absolute Gasteiger partial charge is 0.480 e. The van der Waals surface area contributed by atoms with Gasteiger partial charge >= 0.3 is 5.97 Å². The second-order valence-electron chi connectivity index (χ2n) is 3.77. The number of hydrogen-bond donors (Lipinski definition) is 1. The molecule has 1 N–H and O–H groups in total. The van der Waals surface area contributed by atoms with Crippen LogP contribution in [0.25, 0.3) is 0 Å². The molecular weight excluding hydrogens is 242 g/mol. The highest BCUT2D eigenvalue weighted by Crippen LogP contribution is 2.21. The molecule has 1 atom stereocenters. The minimum absolute atomic E-state index is 0.115. The van der Waals surface area contributed by atoms with E-state index >= 15 is 0 Å². The molecule has 0 aliphatic carbocycles. The average molecular weight is 255 g/mol. The number of carbonyl (C=O) groups excluding carboxylic acids is 1. The van der Waals surface area contributed by atoms with Crippen LogP contribution in [0.15, 0.2) is 18.7 Å². The first-order chi connectivity index (χ1) is 8.18. The number of carboxylic acids is 1. The molecule has 0 aromatic carbocycles. The van der Waals surface area contributed by atoms with E-state index in [0.29, 0.717) is 24.6 Å². The average Bonchev–Trinajstić information content (AvgIpc) is 2.96. The lowest BCUT2D eigenvalue weighted by atomic mass is 10.2. The summed E-state index contributed by atoms with van der Waals surface area (Å²) in [5, 5.41) is 8.96. The van der Waals surface area contributed by atoms with E-state index in [2.05, 4.69) is 4.98 Å². The molecule has 92 valence electrons. The molecule has 1 aromatic rings. The van der Waals surface area contributed by atoms with Crippen LogP contribution in [0.3, 0.4) is 0 Å². The van der Waals surface area contributed by atoms with Gasteiger partial charge in [0.05, 0.1) is 12.2 Å². The maximum atomic E-state index is 11.9. The summed E-state index contributed by atoms with van der Waals surface area (Å²) in [6, 6.07) is -0.671. The van der Waals surface area contributed by atoms with Gasteiger partial charge in [-0.15, -0.1) is 11.8 Å². The molecule has 2 rings (SSSR count). The van der Waals surface area contributed by atoms with E-state index < -0.39 is 12.0 Å². The Morgan fingerprint density at radius 3 is 3.00 bits per heavy atom. The van der Waals surface area contributed by atoms with E-state index in [4.69, 9.17) is 5.11 Å². The summed E-state index contributed by atoms with van der Waals surface area (Å²) in [7, 11) is 0. The quantitative estimate of drug-likeness (QED) is 0.835. The summed E-state index contributed by atoms with van der Waals surface area (Å²) in [5.74, 6) is -0.0895. The Morgan fingerprint density at radius 1 is 1.53 bits per heavy atom. The first-order valence-corrected chi connectivity index (χ1v) is 6.39. The van der Waals surface area contributed by atoms with Gasteiger partial charge in [0.2, 0.25) is 5.91 Å². The molecule has 0 unspecified atom stereocenters. The van der Waals surface area contributed by atoms with Gasteiger partial charge in [0.1, 0.15) is 6.04 Å². The van der Waals surface area contributed by atoms with Crippen molar-refractivity contribution in [3.05, 3.63) is 18.7 Å². The number of hydrogen-bond acceptors (Lipinski definition) is 4. The van der Waals surface area contributed by atoms with Crippen molar-refractivity contribution in [2.24, 2.45) is 0 Å². The number of aliphatic carboxylic acids is 1. The highest BCUT2D eigenvalue weighted by atomic mass is 32.2. The Balaban J connectivity index is 1.89. The zero-order valence-electron chi connectivity index (χ0n) is 9.15. The van der Waals surface area contributed by atoms with Gasteiger partial charge in [-0.2, -0.15) is 0 Å². The molecular formula is C10H13N3O3S. The Bertz CT molecular complexity index is 407. The Labute approximate surface area is 103 Å². The topological polar surface area (TPSA) is 75.4 Å². The van der Waals surface area contributed by atoms with Gasteiger partial charge in [0, 0.05) is 31.1 Å². The third-order valence-corrected chi connectivity index (χ3v) is 3.64. The second kappa shape index (κ2) is 5.22. The molecule has 17 heavy (non-hydrogen) atoms. The maximum Gasteiger partial charge on any atom is 0.327 e. The predicted molar refractivity (Wildman–Crippen MR) is 62.4 cm³/mol.